The molecule has 0 atom stereocenters. The van der Waals surface area contributed by atoms with Gasteiger partial charge < -0.3 is 24.3 Å². The first-order chi connectivity index (χ1) is 18.0. The van der Waals surface area contributed by atoms with Crippen LogP contribution in [0.3, 0.4) is 0 Å². The average molecular weight is 552 g/mol. The Labute approximate surface area is 226 Å². The van der Waals surface area contributed by atoms with Crippen LogP contribution in [0.25, 0.3) is 17.0 Å². The molecule has 1 aliphatic carbocycles. The normalized spacial score (nSPS) is 15.6. The van der Waals surface area contributed by atoms with E-state index in [4.69, 9.17) is 19.8 Å². The van der Waals surface area contributed by atoms with E-state index < -0.39 is 29.2 Å². The fourth-order valence-electron chi connectivity index (χ4n) is 4.16. The van der Waals surface area contributed by atoms with Gasteiger partial charge in [-0.05, 0) is 69.2 Å². The molecule has 1 aromatic carbocycles. The molecule has 0 bridgehead atoms. The van der Waals surface area contributed by atoms with E-state index in [9.17, 15) is 18.0 Å². The van der Waals surface area contributed by atoms with Crippen LogP contribution in [-0.4, -0.2) is 47.0 Å². The summed E-state index contributed by atoms with van der Waals surface area (Å²) < 4.78 is 57.4. The van der Waals surface area contributed by atoms with Gasteiger partial charge in [-0.3, -0.25) is 0 Å². The van der Waals surface area contributed by atoms with Crippen molar-refractivity contribution in [3.05, 3.63) is 47.5 Å². The molecule has 0 radical (unpaired) electrons. The highest BCUT2D eigenvalue weighted by atomic mass is 19.4. The molecule has 0 spiro atoms. The number of hydrazine groups is 1. The van der Waals surface area contributed by atoms with Crippen LogP contribution in [0, 0.1) is 5.41 Å². The van der Waals surface area contributed by atoms with Gasteiger partial charge in [-0.2, -0.15) is 18.2 Å². The summed E-state index contributed by atoms with van der Waals surface area (Å²) in [4.78, 5) is 16.0. The van der Waals surface area contributed by atoms with Gasteiger partial charge in [-0.1, -0.05) is 25.6 Å². The maximum Gasteiger partial charge on any atom is 0.419 e. The molecule has 39 heavy (non-hydrogen) atoms. The number of nitrogens with two attached hydrogens (primary N) is 1. The van der Waals surface area contributed by atoms with Crippen LogP contribution in [0.2, 0.25) is 0 Å². The van der Waals surface area contributed by atoms with Crippen molar-refractivity contribution in [2.75, 3.05) is 20.2 Å². The molecule has 1 aromatic heterocycles. The topological polar surface area (TPSA) is 116 Å². The molecular weight excluding hydrogens is 515 g/mol. The first kappa shape index (κ1) is 30.0. The molecule has 1 aliphatic rings. The monoisotopic (exact) mass is 551 g/mol. The number of hydrogen-bond donors (Lipinski definition) is 2. The molecule has 0 fully saturated rings. The van der Waals surface area contributed by atoms with Crippen molar-refractivity contribution in [2.24, 2.45) is 11.3 Å². The van der Waals surface area contributed by atoms with Gasteiger partial charge in [0.15, 0.2) is 0 Å². The zero-order valence-electron chi connectivity index (χ0n) is 23.2. The van der Waals surface area contributed by atoms with E-state index >= 15 is 0 Å². The Kier molecular flexibility index (Phi) is 8.69. The van der Waals surface area contributed by atoms with Gasteiger partial charge in [0.2, 0.25) is 5.82 Å². The summed E-state index contributed by atoms with van der Waals surface area (Å²) >= 11 is 0. The summed E-state index contributed by atoms with van der Waals surface area (Å²) in [5.41, 5.74) is 0.734. The number of benzene rings is 1. The molecule has 0 saturated carbocycles. The van der Waals surface area contributed by atoms with Crippen molar-refractivity contribution >= 4 is 11.7 Å². The Morgan fingerprint density at radius 1 is 1.28 bits per heavy atom. The van der Waals surface area contributed by atoms with Crippen molar-refractivity contribution in [1.29, 1.82) is 0 Å². The minimum atomic E-state index is -4.71. The Morgan fingerprint density at radius 2 is 1.97 bits per heavy atom. The zero-order valence-corrected chi connectivity index (χ0v) is 23.2. The van der Waals surface area contributed by atoms with E-state index in [-0.39, 0.29) is 35.8 Å². The van der Waals surface area contributed by atoms with Crippen molar-refractivity contribution in [2.45, 2.75) is 65.7 Å². The maximum absolute atomic E-state index is 13.9. The fourth-order valence-corrected chi connectivity index (χ4v) is 4.16. The van der Waals surface area contributed by atoms with Crippen LogP contribution in [0.15, 0.2) is 40.6 Å². The number of nitrogens with zero attached hydrogens (tertiary/aromatic N) is 3. The number of halogens is 3. The highest BCUT2D eigenvalue weighted by Crippen LogP contribution is 2.43. The van der Waals surface area contributed by atoms with Crippen LogP contribution >= 0.6 is 0 Å². The maximum atomic E-state index is 13.9. The minimum Gasteiger partial charge on any atom is -0.491 e. The van der Waals surface area contributed by atoms with E-state index in [0.29, 0.717) is 12.0 Å². The van der Waals surface area contributed by atoms with E-state index in [2.05, 4.69) is 35.9 Å². The molecular formula is C27H36F3N5O4. The number of ether oxygens (including phenoxy) is 2. The summed E-state index contributed by atoms with van der Waals surface area (Å²) in [5.74, 6) is 5.77. The molecule has 0 aliphatic heterocycles. The second kappa shape index (κ2) is 11.3. The summed E-state index contributed by atoms with van der Waals surface area (Å²) in [5, 5.41) is 7.88. The molecule has 3 rings (SSSR count). The molecule has 12 heteroatoms. The van der Waals surface area contributed by atoms with Crippen LogP contribution in [0.1, 0.15) is 65.3 Å². The Morgan fingerprint density at radius 3 is 2.59 bits per heavy atom. The molecule has 1 amide bonds. The molecule has 0 saturated heterocycles. The van der Waals surface area contributed by atoms with Crippen LogP contribution in [0.4, 0.5) is 18.0 Å². The lowest BCUT2D eigenvalue weighted by Gasteiger charge is -2.36. The summed E-state index contributed by atoms with van der Waals surface area (Å²) in [7, 11) is 1.75. The SMILES string of the molecule is C=C(C1=C(N(C)N)CC(C)(C)CC1)c1nc(-c2ccc(OCCNC(=O)OC(C)(C)C)c(C(F)(F)F)c2)no1. The first-order valence-electron chi connectivity index (χ1n) is 12.5. The van der Waals surface area contributed by atoms with E-state index in [1.54, 1.807) is 32.8 Å². The summed E-state index contributed by atoms with van der Waals surface area (Å²) in [6, 6.07) is 3.49. The number of hydrogen-bond acceptors (Lipinski definition) is 8. The van der Waals surface area contributed by atoms with Crippen LogP contribution in [-0.2, 0) is 10.9 Å². The first-order valence-corrected chi connectivity index (χ1v) is 12.5. The smallest absolute Gasteiger partial charge is 0.419 e. The number of rotatable bonds is 8. The van der Waals surface area contributed by atoms with Gasteiger partial charge in [-0.25, -0.2) is 10.6 Å². The molecule has 1 heterocycles. The predicted molar refractivity (Wildman–Crippen MR) is 140 cm³/mol. The number of aromatic nitrogens is 2. The second-order valence-corrected chi connectivity index (χ2v) is 11.3. The van der Waals surface area contributed by atoms with Gasteiger partial charge in [-0.15, -0.1) is 0 Å². The number of carbonyl (C=O) groups is 1. The number of carbonyl (C=O) groups excluding carboxylic acids is 1. The lowest BCUT2D eigenvalue weighted by molar-refractivity contribution is -0.138. The Balaban J connectivity index is 1.78. The van der Waals surface area contributed by atoms with Crippen molar-refractivity contribution in [1.82, 2.24) is 20.5 Å². The van der Waals surface area contributed by atoms with E-state index in [0.717, 1.165) is 30.2 Å². The fraction of sp³-hybridized carbons (Fsp3) is 0.519. The van der Waals surface area contributed by atoms with Gasteiger partial charge in [0.1, 0.15) is 18.0 Å². The molecule has 0 unspecified atom stereocenters. The van der Waals surface area contributed by atoms with Gasteiger partial charge in [0.25, 0.3) is 5.89 Å². The zero-order chi connectivity index (χ0) is 29.2. The highest BCUT2D eigenvalue weighted by molar-refractivity contribution is 5.74. The third-order valence-electron chi connectivity index (χ3n) is 6.09. The molecule has 214 valence electrons. The average Bonchev–Trinajstić information content (AvgIpc) is 3.29. The molecule has 9 nitrogen and oxygen atoms in total. The highest BCUT2D eigenvalue weighted by Gasteiger charge is 2.35. The van der Waals surface area contributed by atoms with E-state index in [1.807, 2.05) is 0 Å². The van der Waals surface area contributed by atoms with E-state index in [1.165, 1.54) is 12.1 Å². The third kappa shape index (κ3) is 7.98. The number of amides is 1. The van der Waals surface area contributed by atoms with Gasteiger partial charge in [0.05, 0.1) is 12.1 Å². The number of alkyl halides is 3. The van der Waals surface area contributed by atoms with Crippen LogP contribution < -0.4 is 15.9 Å². The quantitative estimate of drug-likeness (QED) is 0.235. The molecule has 3 N–H and O–H groups in total. The Hall–Kier alpha value is -3.54. The second-order valence-electron chi connectivity index (χ2n) is 11.3. The number of allylic oxidation sites excluding steroid dienone is 3. The minimum absolute atomic E-state index is 0.0193. The van der Waals surface area contributed by atoms with Gasteiger partial charge in [0, 0.05) is 23.9 Å². The lowest BCUT2D eigenvalue weighted by atomic mass is 9.75. The van der Waals surface area contributed by atoms with Crippen LogP contribution in [0.5, 0.6) is 5.75 Å². The van der Waals surface area contributed by atoms with Gasteiger partial charge >= 0.3 is 12.3 Å². The largest absolute Gasteiger partial charge is 0.491 e. The van der Waals surface area contributed by atoms with Crippen molar-refractivity contribution < 1.29 is 32.0 Å². The lowest BCUT2D eigenvalue weighted by Crippen LogP contribution is -2.34. The predicted octanol–water partition coefficient (Wildman–Crippen LogP) is 5.94. The summed E-state index contributed by atoms with van der Waals surface area (Å²) in [6.07, 6.45) is -3.05. The number of alkyl carbamates (subject to hydrolysis) is 1. The van der Waals surface area contributed by atoms with Crippen molar-refractivity contribution in [3.63, 3.8) is 0 Å². The third-order valence-corrected chi connectivity index (χ3v) is 6.09. The standard InChI is InChI=1S/C27H36F3N5O4/c1-16(18-10-11-26(5,6)15-20(18)35(7)31)23-33-22(34-39-23)17-8-9-21(19(14-17)27(28,29)30)37-13-12-32-24(36)38-25(2,3)4/h8-9,14H,1,10-13,15,31H2,2-7H3,(H,32,36). The van der Waals surface area contributed by atoms with Crippen molar-refractivity contribution in [3.8, 4) is 17.1 Å². The molecule has 2 aromatic rings. The number of nitrogens with one attached hydrogen (secondary N) is 1. The summed E-state index contributed by atoms with van der Waals surface area (Å²) in [6.45, 7) is 13.3. The Bertz CT molecular complexity index is 1240.